The lowest BCUT2D eigenvalue weighted by atomic mass is 9.75. The fourth-order valence-corrected chi connectivity index (χ4v) is 5.34. The van der Waals surface area contributed by atoms with Crippen LogP contribution in [0.3, 0.4) is 0 Å². The molecule has 2 heterocycles. The van der Waals surface area contributed by atoms with Crippen molar-refractivity contribution >= 4 is 11.7 Å². The molecule has 0 saturated carbocycles. The third-order valence-corrected chi connectivity index (χ3v) is 7.04. The molecule has 1 aromatic carbocycles. The Balaban J connectivity index is 1.66. The molecule has 0 unspecified atom stereocenters. The molecule has 0 bridgehead atoms. The molecule has 1 aromatic heterocycles. The third kappa shape index (κ3) is 4.85. The number of fused-ring (bicyclic) bond motifs is 1. The van der Waals surface area contributed by atoms with Gasteiger partial charge < -0.3 is 9.64 Å². The summed E-state index contributed by atoms with van der Waals surface area (Å²) in [5.74, 6) is 0.906. The maximum atomic E-state index is 13.4. The predicted octanol–water partition coefficient (Wildman–Crippen LogP) is 5.60. The van der Waals surface area contributed by atoms with Crippen LogP contribution in [-0.4, -0.2) is 40.0 Å². The highest BCUT2D eigenvalue weighted by molar-refractivity contribution is 6.00. The molecule has 2 aromatic rings. The van der Waals surface area contributed by atoms with Gasteiger partial charge in [0, 0.05) is 25.1 Å². The van der Waals surface area contributed by atoms with Crippen LogP contribution in [0.15, 0.2) is 24.3 Å². The van der Waals surface area contributed by atoms with E-state index in [2.05, 4.69) is 25.5 Å². The molecule has 2 aliphatic rings. The Morgan fingerprint density at radius 3 is 2.61 bits per heavy atom. The van der Waals surface area contributed by atoms with Gasteiger partial charge in [0.1, 0.15) is 5.75 Å². The number of unbranched alkanes of at least 4 members (excludes halogenated alkanes) is 3. The zero-order chi connectivity index (χ0) is 23.6. The van der Waals surface area contributed by atoms with E-state index in [1.54, 1.807) is 7.11 Å². The fourth-order valence-electron chi connectivity index (χ4n) is 5.34. The highest BCUT2D eigenvalue weighted by Crippen LogP contribution is 2.41. The number of hydrogen-bond donors (Lipinski definition) is 0. The Bertz CT molecular complexity index is 1010. The highest BCUT2D eigenvalue weighted by atomic mass is 16.5. The monoisotopic (exact) mass is 451 g/mol. The number of carbonyl (C=O) groups excluding carboxylic acids is 2. The Morgan fingerprint density at radius 2 is 1.91 bits per heavy atom. The molecule has 0 radical (unpaired) electrons. The van der Waals surface area contributed by atoms with E-state index in [1.165, 1.54) is 19.3 Å². The lowest BCUT2D eigenvalue weighted by molar-refractivity contribution is 0.0728. The number of aromatic nitrogens is 2. The zero-order valence-electron chi connectivity index (χ0n) is 20.5. The van der Waals surface area contributed by atoms with Crippen LogP contribution in [0, 0.1) is 5.41 Å². The number of likely N-dealkylation sites (tertiary alicyclic amines) is 1. The van der Waals surface area contributed by atoms with Crippen LogP contribution in [0.2, 0.25) is 0 Å². The minimum Gasteiger partial charge on any atom is -0.497 e. The summed E-state index contributed by atoms with van der Waals surface area (Å²) in [5, 5.41) is 5.02. The van der Waals surface area contributed by atoms with Crippen LogP contribution in [0.4, 0.5) is 0 Å². The Kier molecular flexibility index (Phi) is 6.91. The maximum absolute atomic E-state index is 13.4. The predicted molar refractivity (Wildman–Crippen MR) is 129 cm³/mol. The van der Waals surface area contributed by atoms with Crippen molar-refractivity contribution in [3.8, 4) is 5.75 Å². The van der Waals surface area contributed by atoms with Crippen molar-refractivity contribution in [3.63, 3.8) is 0 Å². The number of Topliss-reactive ketones (excluding diaryl/α,β-unsaturated/α-hetero) is 1. The largest absolute Gasteiger partial charge is 0.497 e. The van der Waals surface area contributed by atoms with Crippen LogP contribution in [-0.2, 0) is 13.0 Å². The average Bonchev–Trinajstić information content (AvgIpc) is 3.40. The van der Waals surface area contributed by atoms with Gasteiger partial charge in [-0.2, -0.15) is 5.10 Å². The summed E-state index contributed by atoms with van der Waals surface area (Å²) in [6.07, 6.45) is 7.80. The van der Waals surface area contributed by atoms with Gasteiger partial charge in [0.25, 0.3) is 5.91 Å². The normalized spacial score (nSPS) is 19.6. The summed E-state index contributed by atoms with van der Waals surface area (Å²) in [4.78, 5) is 28.6. The molecule has 0 spiro atoms. The number of aryl methyl sites for hydroxylation is 1. The third-order valence-electron chi connectivity index (χ3n) is 7.04. The van der Waals surface area contributed by atoms with E-state index in [0.29, 0.717) is 18.5 Å². The number of ether oxygens (including phenoxy) is 1. The second kappa shape index (κ2) is 9.70. The van der Waals surface area contributed by atoms with Crippen molar-refractivity contribution in [1.82, 2.24) is 14.7 Å². The van der Waals surface area contributed by atoms with Gasteiger partial charge in [-0.15, -0.1) is 0 Å². The molecule has 1 aliphatic carbocycles. The number of ketones is 1. The lowest BCUT2D eigenvalue weighted by Gasteiger charge is -2.30. The fraction of sp³-hybridized carbons (Fsp3) is 0.593. The minimum atomic E-state index is -0.143. The van der Waals surface area contributed by atoms with Crippen molar-refractivity contribution < 1.29 is 14.3 Å². The van der Waals surface area contributed by atoms with Crippen molar-refractivity contribution in [2.45, 2.75) is 84.7 Å². The highest BCUT2D eigenvalue weighted by Gasteiger charge is 2.41. The maximum Gasteiger partial charge on any atom is 0.254 e. The molecular formula is C27H37N3O3. The molecule has 1 atom stereocenters. The number of rotatable bonds is 8. The second-order valence-electron chi connectivity index (χ2n) is 10.3. The van der Waals surface area contributed by atoms with Crippen molar-refractivity contribution in [2.75, 3.05) is 13.7 Å². The molecule has 4 rings (SSSR count). The molecule has 1 aliphatic heterocycles. The zero-order valence-corrected chi connectivity index (χ0v) is 20.5. The Morgan fingerprint density at radius 1 is 1.15 bits per heavy atom. The molecule has 1 saturated heterocycles. The molecule has 1 fully saturated rings. The minimum absolute atomic E-state index is 0.00464. The van der Waals surface area contributed by atoms with Crippen molar-refractivity contribution in [1.29, 1.82) is 0 Å². The number of amides is 1. The molecule has 33 heavy (non-hydrogen) atoms. The molecular weight excluding hydrogens is 414 g/mol. The smallest absolute Gasteiger partial charge is 0.254 e. The topological polar surface area (TPSA) is 64.4 Å². The van der Waals surface area contributed by atoms with Gasteiger partial charge in [0.05, 0.1) is 30.1 Å². The van der Waals surface area contributed by atoms with Crippen molar-refractivity contribution in [3.05, 3.63) is 46.8 Å². The quantitative estimate of drug-likeness (QED) is 0.490. The SMILES string of the molecule is CCCCCCn1nc([C@@H]2CCCN2C(=O)c2ccc(OC)cc2)c2c1CC(C)(C)CC2=O. The Labute approximate surface area is 197 Å². The molecule has 178 valence electrons. The average molecular weight is 452 g/mol. The summed E-state index contributed by atoms with van der Waals surface area (Å²) in [6, 6.07) is 7.11. The lowest BCUT2D eigenvalue weighted by Crippen LogP contribution is -2.32. The van der Waals surface area contributed by atoms with Gasteiger partial charge in [-0.05, 0) is 55.4 Å². The molecule has 6 heteroatoms. The van der Waals surface area contributed by atoms with E-state index in [4.69, 9.17) is 9.84 Å². The van der Waals surface area contributed by atoms with Gasteiger partial charge in [0.15, 0.2) is 5.78 Å². The van der Waals surface area contributed by atoms with E-state index in [0.717, 1.165) is 54.9 Å². The summed E-state index contributed by atoms with van der Waals surface area (Å²) in [7, 11) is 1.62. The standard InChI is InChI=1S/C27H37N3O3/c1-5-6-7-8-16-30-22-17-27(2,3)18-23(31)24(22)25(28-30)21-10-9-15-29(21)26(32)19-11-13-20(33-4)14-12-19/h11-14,21H,5-10,15-18H2,1-4H3/t21-/m0/s1. The number of methoxy groups -OCH3 is 1. The van der Waals surface area contributed by atoms with E-state index < -0.39 is 0 Å². The van der Waals surface area contributed by atoms with Crippen LogP contribution < -0.4 is 4.74 Å². The summed E-state index contributed by atoms with van der Waals surface area (Å²) >= 11 is 0. The second-order valence-corrected chi connectivity index (χ2v) is 10.3. The van der Waals surface area contributed by atoms with E-state index >= 15 is 0 Å². The first kappa shape index (κ1) is 23.5. The first-order valence-corrected chi connectivity index (χ1v) is 12.4. The summed E-state index contributed by atoms with van der Waals surface area (Å²) in [5.41, 5.74) is 3.27. The van der Waals surface area contributed by atoms with Crippen LogP contribution in [0.1, 0.15) is 104 Å². The van der Waals surface area contributed by atoms with Gasteiger partial charge >= 0.3 is 0 Å². The molecule has 6 nitrogen and oxygen atoms in total. The van der Waals surface area contributed by atoms with E-state index in [-0.39, 0.29) is 23.1 Å². The first-order valence-electron chi connectivity index (χ1n) is 12.4. The number of nitrogens with zero attached hydrogens (tertiary/aromatic N) is 3. The number of benzene rings is 1. The van der Waals surface area contributed by atoms with E-state index in [1.807, 2.05) is 29.2 Å². The van der Waals surface area contributed by atoms with Gasteiger partial charge in [0.2, 0.25) is 0 Å². The first-order chi connectivity index (χ1) is 15.8. The van der Waals surface area contributed by atoms with E-state index in [9.17, 15) is 9.59 Å². The van der Waals surface area contributed by atoms with Crippen LogP contribution in [0.25, 0.3) is 0 Å². The number of carbonyl (C=O) groups is 2. The van der Waals surface area contributed by atoms with Gasteiger partial charge in [-0.3, -0.25) is 14.3 Å². The van der Waals surface area contributed by atoms with Gasteiger partial charge in [-0.1, -0.05) is 40.0 Å². The van der Waals surface area contributed by atoms with Crippen LogP contribution in [0.5, 0.6) is 5.75 Å². The van der Waals surface area contributed by atoms with Crippen LogP contribution >= 0.6 is 0 Å². The molecule has 0 N–H and O–H groups in total. The summed E-state index contributed by atoms with van der Waals surface area (Å²) in [6.45, 7) is 8.07. The molecule has 1 amide bonds. The number of hydrogen-bond acceptors (Lipinski definition) is 4. The summed E-state index contributed by atoms with van der Waals surface area (Å²) < 4.78 is 7.32. The van der Waals surface area contributed by atoms with Gasteiger partial charge in [-0.25, -0.2) is 0 Å². The van der Waals surface area contributed by atoms with Crippen molar-refractivity contribution in [2.24, 2.45) is 5.41 Å². The Hall–Kier alpha value is -2.63.